The van der Waals surface area contributed by atoms with Gasteiger partial charge in [-0.25, -0.2) is 9.18 Å². The van der Waals surface area contributed by atoms with Crippen molar-refractivity contribution < 1.29 is 23.4 Å². The Morgan fingerprint density at radius 2 is 1.87 bits per heavy atom. The molecular formula is C27H36BrClFN5O4. The zero-order valence-corrected chi connectivity index (χ0v) is 25.1. The summed E-state index contributed by atoms with van der Waals surface area (Å²) in [5.74, 6) is 0.0921. The topological polar surface area (TPSA) is 80.3 Å². The Balaban J connectivity index is 1.27. The minimum Gasteiger partial charge on any atom is -0.463 e. The van der Waals surface area contributed by atoms with E-state index in [-0.39, 0.29) is 32.5 Å². The van der Waals surface area contributed by atoms with Gasteiger partial charge in [0.25, 0.3) is 0 Å². The maximum absolute atomic E-state index is 15.3. The Labute approximate surface area is 242 Å². The highest BCUT2D eigenvalue weighted by Crippen LogP contribution is 2.43. The van der Waals surface area contributed by atoms with Crippen LogP contribution in [0.15, 0.2) is 10.5 Å². The number of anilines is 1. The molecule has 0 aliphatic carbocycles. The molecule has 9 nitrogen and oxygen atoms in total. The summed E-state index contributed by atoms with van der Waals surface area (Å²) in [6.07, 6.45) is 2.33. The summed E-state index contributed by atoms with van der Waals surface area (Å²) in [4.78, 5) is 27.8. The standard InChI is InChI=1S/C27H36BrClFN5O4/c1-26(2,3)39-25(36)35-16-27(17-35)5-8-34(9-6-27)23-18-15-19(29)20(28)21(30)22(18)31-24(32-23)38-12-4-7-33-10-13-37-14-11-33/h15H,4-14,16-17H2,1-3H3. The molecule has 4 heterocycles. The molecule has 0 unspecified atom stereocenters. The SMILES string of the molecule is CC(C)(C)OC(=O)N1CC2(CCN(c3nc(OCCCN4CCOCC4)nc4c(F)c(Br)c(Cl)cc34)CC2)C1. The molecule has 1 aromatic heterocycles. The lowest BCUT2D eigenvalue weighted by Gasteiger charge is -2.53. The number of ether oxygens (including phenoxy) is 3. The number of nitrogens with zero attached hydrogens (tertiary/aromatic N) is 5. The van der Waals surface area contributed by atoms with E-state index in [1.54, 1.807) is 11.0 Å². The molecule has 0 bridgehead atoms. The Bertz CT molecular complexity index is 1210. The number of amides is 1. The molecule has 5 rings (SSSR count). The molecule has 3 aliphatic heterocycles. The third-order valence-corrected chi connectivity index (χ3v) is 8.87. The van der Waals surface area contributed by atoms with E-state index in [9.17, 15) is 4.79 Å². The van der Waals surface area contributed by atoms with Gasteiger partial charge in [0.2, 0.25) is 0 Å². The van der Waals surface area contributed by atoms with Crippen molar-refractivity contribution in [2.24, 2.45) is 5.41 Å². The van der Waals surface area contributed by atoms with Gasteiger partial charge in [0, 0.05) is 56.6 Å². The fourth-order valence-electron chi connectivity index (χ4n) is 5.45. The molecule has 1 aromatic carbocycles. The van der Waals surface area contributed by atoms with E-state index < -0.39 is 11.4 Å². The van der Waals surface area contributed by atoms with Crippen LogP contribution < -0.4 is 9.64 Å². The van der Waals surface area contributed by atoms with Gasteiger partial charge >= 0.3 is 12.1 Å². The smallest absolute Gasteiger partial charge is 0.410 e. The molecule has 3 saturated heterocycles. The Hall–Kier alpha value is -1.95. The van der Waals surface area contributed by atoms with Crippen molar-refractivity contribution in [2.75, 3.05) is 70.5 Å². The zero-order valence-electron chi connectivity index (χ0n) is 22.8. The maximum atomic E-state index is 15.3. The first-order valence-corrected chi connectivity index (χ1v) is 14.7. The van der Waals surface area contributed by atoms with Gasteiger partial charge in [-0.15, -0.1) is 0 Å². The van der Waals surface area contributed by atoms with Crippen LogP contribution in [0, 0.1) is 11.2 Å². The number of morpholine rings is 1. The Morgan fingerprint density at radius 3 is 2.54 bits per heavy atom. The number of hydrogen-bond acceptors (Lipinski definition) is 8. The molecule has 0 atom stereocenters. The molecule has 0 saturated carbocycles. The summed E-state index contributed by atoms with van der Waals surface area (Å²) in [5.41, 5.74) is -0.258. The van der Waals surface area contributed by atoms with Gasteiger partial charge in [-0.1, -0.05) is 11.6 Å². The summed E-state index contributed by atoms with van der Waals surface area (Å²) in [6.45, 7) is 13.1. The van der Waals surface area contributed by atoms with Gasteiger partial charge in [-0.2, -0.15) is 9.97 Å². The van der Waals surface area contributed by atoms with Crippen molar-refractivity contribution in [2.45, 2.75) is 45.6 Å². The van der Waals surface area contributed by atoms with E-state index in [1.165, 1.54) is 0 Å². The first kappa shape index (κ1) is 28.6. The first-order valence-electron chi connectivity index (χ1n) is 13.5. The van der Waals surface area contributed by atoms with E-state index in [1.807, 2.05) is 20.8 Å². The second-order valence-electron chi connectivity index (χ2n) is 11.7. The highest BCUT2D eigenvalue weighted by Gasteiger charge is 2.48. The normalized spacial score (nSPS) is 19.8. The molecular weight excluding hydrogens is 593 g/mol. The van der Waals surface area contributed by atoms with Crippen LogP contribution in [-0.4, -0.2) is 97.1 Å². The number of hydrogen-bond donors (Lipinski definition) is 0. The van der Waals surface area contributed by atoms with E-state index in [0.717, 1.165) is 65.2 Å². The van der Waals surface area contributed by atoms with Gasteiger partial charge < -0.3 is 24.0 Å². The molecule has 3 fully saturated rings. The van der Waals surface area contributed by atoms with Gasteiger partial charge in [0.15, 0.2) is 5.82 Å². The van der Waals surface area contributed by atoms with Crippen LogP contribution in [0.3, 0.4) is 0 Å². The number of fused-ring (bicyclic) bond motifs is 1. The van der Waals surface area contributed by atoms with E-state index in [2.05, 4.69) is 30.7 Å². The van der Waals surface area contributed by atoms with Crippen molar-refractivity contribution in [3.8, 4) is 6.01 Å². The molecule has 1 amide bonds. The molecule has 3 aliphatic rings. The minimum absolute atomic E-state index is 0.0704. The highest BCUT2D eigenvalue weighted by atomic mass is 79.9. The minimum atomic E-state index is -0.528. The number of carbonyl (C=O) groups is 1. The summed E-state index contributed by atoms with van der Waals surface area (Å²) >= 11 is 9.57. The summed E-state index contributed by atoms with van der Waals surface area (Å²) in [5, 5.41) is 0.825. The van der Waals surface area contributed by atoms with E-state index in [4.69, 9.17) is 30.8 Å². The monoisotopic (exact) mass is 627 g/mol. The highest BCUT2D eigenvalue weighted by molar-refractivity contribution is 9.10. The fourth-order valence-corrected chi connectivity index (χ4v) is 5.94. The van der Waals surface area contributed by atoms with Gasteiger partial charge in [-0.3, -0.25) is 4.90 Å². The largest absolute Gasteiger partial charge is 0.463 e. The third kappa shape index (κ3) is 6.52. The van der Waals surface area contributed by atoms with Crippen LogP contribution in [0.2, 0.25) is 5.02 Å². The number of halogens is 3. The van der Waals surface area contributed by atoms with Crippen molar-refractivity contribution in [1.82, 2.24) is 19.8 Å². The lowest BCUT2D eigenvalue weighted by atomic mass is 9.72. The number of carbonyl (C=O) groups excluding carboxylic acids is 1. The van der Waals surface area contributed by atoms with E-state index >= 15 is 4.39 Å². The van der Waals surface area contributed by atoms with Crippen LogP contribution in [-0.2, 0) is 9.47 Å². The van der Waals surface area contributed by atoms with Crippen LogP contribution in [0.1, 0.15) is 40.0 Å². The van der Waals surface area contributed by atoms with Crippen molar-refractivity contribution >= 4 is 50.3 Å². The number of piperidine rings is 1. The van der Waals surface area contributed by atoms with Crippen LogP contribution in [0.25, 0.3) is 10.9 Å². The van der Waals surface area contributed by atoms with Crippen LogP contribution in [0.5, 0.6) is 6.01 Å². The van der Waals surface area contributed by atoms with Crippen molar-refractivity contribution in [1.29, 1.82) is 0 Å². The molecule has 2 aromatic rings. The molecule has 0 radical (unpaired) electrons. The Morgan fingerprint density at radius 1 is 1.18 bits per heavy atom. The predicted molar refractivity (Wildman–Crippen MR) is 151 cm³/mol. The Kier molecular flexibility index (Phi) is 8.43. The zero-order chi connectivity index (χ0) is 27.8. The second-order valence-corrected chi connectivity index (χ2v) is 12.9. The average Bonchev–Trinajstić information content (AvgIpc) is 2.88. The quantitative estimate of drug-likeness (QED) is 0.322. The average molecular weight is 629 g/mol. The summed E-state index contributed by atoms with van der Waals surface area (Å²) in [6, 6.07) is 1.87. The van der Waals surface area contributed by atoms with Crippen molar-refractivity contribution in [3.05, 3.63) is 21.4 Å². The predicted octanol–water partition coefficient (Wildman–Crippen LogP) is 5.12. The second kappa shape index (κ2) is 11.5. The number of rotatable bonds is 6. The third-order valence-electron chi connectivity index (χ3n) is 7.57. The number of benzene rings is 1. The molecule has 0 N–H and O–H groups in total. The number of likely N-dealkylation sites (tertiary alicyclic amines) is 1. The van der Waals surface area contributed by atoms with E-state index in [0.29, 0.717) is 30.9 Å². The molecule has 1 spiro atoms. The molecule has 12 heteroatoms. The van der Waals surface area contributed by atoms with Crippen LogP contribution >= 0.6 is 27.5 Å². The van der Waals surface area contributed by atoms with Gasteiger partial charge in [-0.05, 0) is 62.0 Å². The summed E-state index contributed by atoms with van der Waals surface area (Å²) < 4.78 is 32.3. The van der Waals surface area contributed by atoms with Gasteiger partial charge in [0.1, 0.15) is 16.9 Å². The lowest BCUT2D eigenvalue weighted by Crippen LogP contribution is -2.62. The molecule has 39 heavy (non-hydrogen) atoms. The number of aromatic nitrogens is 2. The molecule has 214 valence electrons. The summed E-state index contributed by atoms with van der Waals surface area (Å²) in [7, 11) is 0. The fraction of sp³-hybridized carbons (Fsp3) is 0.667. The maximum Gasteiger partial charge on any atom is 0.410 e. The first-order chi connectivity index (χ1) is 18.5. The lowest BCUT2D eigenvalue weighted by molar-refractivity contribution is -0.0434. The van der Waals surface area contributed by atoms with Crippen LogP contribution in [0.4, 0.5) is 15.0 Å². The van der Waals surface area contributed by atoms with Crippen molar-refractivity contribution in [3.63, 3.8) is 0 Å². The van der Waals surface area contributed by atoms with Gasteiger partial charge in [0.05, 0.1) is 29.3 Å².